The fourth-order valence-corrected chi connectivity index (χ4v) is 3.09. The van der Waals surface area contributed by atoms with Gasteiger partial charge in [-0.05, 0) is 48.9 Å². The smallest absolute Gasteiger partial charge is 0.253 e. The fraction of sp³-hybridized carbons (Fsp3) is 0.316. The Bertz CT molecular complexity index is 633. The van der Waals surface area contributed by atoms with E-state index in [4.69, 9.17) is 0 Å². The molecule has 3 heteroatoms. The summed E-state index contributed by atoms with van der Waals surface area (Å²) in [5.74, 6) is 0.210. The van der Waals surface area contributed by atoms with Gasteiger partial charge in [0.05, 0.1) is 0 Å². The molecule has 2 aromatic carbocycles. The molecule has 1 amide bonds. The van der Waals surface area contributed by atoms with Gasteiger partial charge in [-0.1, -0.05) is 36.4 Å². The van der Waals surface area contributed by atoms with E-state index in [1.54, 1.807) is 12.1 Å². The van der Waals surface area contributed by atoms with Gasteiger partial charge in [0.25, 0.3) is 5.91 Å². The molecule has 1 fully saturated rings. The number of likely N-dealkylation sites (tertiary alicyclic amines) is 1. The van der Waals surface area contributed by atoms with Crippen LogP contribution in [-0.4, -0.2) is 23.9 Å². The molecule has 2 aromatic rings. The third-order valence-electron chi connectivity index (χ3n) is 4.34. The average molecular weight is 297 g/mol. The number of benzene rings is 2. The lowest BCUT2D eigenvalue weighted by Gasteiger charge is -2.32. The molecule has 1 saturated heterocycles. The van der Waals surface area contributed by atoms with Gasteiger partial charge in [-0.25, -0.2) is 4.39 Å². The Labute approximate surface area is 130 Å². The Morgan fingerprint density at radius 3 is 2.45 bits per heavy atom. The molecule has 1 aliphatic rings. The largest absolute Gasteiger partial charge is 0.339 e. The van der Waals surface area contributed by atoms with Crippen molar-refractivity contribution in [3.8, 4) is 0 Å². The first-order valence-corrected chi connectivity index (χ1v) is 7.81. The second-order valence-electron chi connectivity index (χ2n) is 5.94. The number of carbonyl (C=O) groups is 1. The van der Waals surface area contributed by atoms with Crippen LogP contribution in [0.1, 0.15) is 28.8 Å². The molecule has 0 spiro atoms. The lowest BCUT2D eigenvalue weighted by molar-refractivity contribution is 0.0690. The highest BCUT2D eigenvalue weighted by Crippen LogP contribution is 2.23. The Balaban J connectivity index is 1.56. The summed E-state index contributed by atoms with van der Waals surface area (Å²) >= 11 is 0. The number of nitrogens with zero attached hydrogens (tertiary/aromatic N) is 1. The number of halogens is 1. The van der Waals surface area contributed by atoms with Crippen molar-refractivity contribution in [1.82, 2.24) is 4.90 Å². The van der Waals surface area contributed by atoms with E-state index in [9.17, 15) is 9.18 Å². The van der Waals surface area contributed by atoms with Gasteiger partial charge in [-0.15, -0.1) is 0 Å². The van der Waals surface area contributed by atoms with Gasteiger partial charge < -0.3 is 4.90 Å². The molecular weight excluding hydrogens is 277 g/mol. The summed E-state index contributed by atoms with van der Waals surface area (Å²) in [6.45, 7) is 1.51. The molecule has 0 aromatic heterocycles. The van der Waals surface area contributed by atoms with Crippen LogP contribution in [0.3, 0.4) is 0 Å². The van der Waals surface area contributed by atoms with Crippen molar-refractivity contribution in [2.45, 2.75) is 19.3 Å². The highest BCUT2D eigenvalue weighted by molar-refractivity contribution is 5.94. The summed E-state index contributed by atoms with van der Waals surface area (Å²) in [5, 5.41) is 0. The molecule has 2 nitrogen and oxygen atoms in total. The van der Waals surface area contributed by atoms with Crippen LogP contribution >= 0.6 is 0 Å². The second-order valence-corrected chi connectivity index (χ2v) is 5.94. The second kappa shape index (κ2) is 6.73. The standard InChI is InChI=1S/C19H20FNO/c20-18-8-4-7-17(14-18)19(22)21-11-9-16(10-12-21)13-15-5-2-1-3-6-15/h1-8,14,16H,9-13H2. The summed E-state index contributed by atoms with van der Waals surface area (Å²) < 4.78 is 13.2. The maximum absolute atomic E-state index is 13.2. The molecule has 0 bridgehead atoms. The summed E-state index contributed by atoms with van der Waals surface area (Å²) in [5.41, 5.74) is 1.80. The van der Waals surface area contributed by atoms with Crippen LogP contribution in [0.2, 0.25) is 0 Å². The predicted octanol–water partition coefficient (Wildman–Crippen LogP) is 3.92. The minimum absolute atomic E-state index is 0.0577. The lowest BCUT2D eigenvalue weighted by atomic mass is 9.90. The molecule has 114 valence electrons. The van der Waals surface area contributed by atoms with E-state index in [1.807, 2.05) is 11.0 Å². The molecule has 0 radical (unpaired) electrons. The van der Waals surface area contributed by atoms with Gasteiger partial charge in [0.2, 0.25) is 0 Å². The zero-order valence-electron chi connectivity index (χ0n) is 12.5. The first kappa shape index (κ1) is 14.8. The van der Waals surface area contributed by atoms with E-state index >= 15 is 0 Å². The zero-order valence-corrected chi connectivity index (χ0v) is 12.5. The quantitative estimate of drug-likeness (QED) is 0.841. The predicted molar refractivity (Wildman–Crippen MR) is 85.2 cm³/mol. The number of hydrogen-bond acceptors (Lipinski definition) is 1. The highest BCUT2D eigenvalue weighted by atomic mass is 19.1. The van der Waals surface area contributed by atoms with Gasteiger partial charge in [-0.2, -0.15) is 0 Å². The number of piperidine rings is 1. The Hall–Kier alpha value is -2.16. The molecule has 0 atom stereocenters. The maximum atomic E-state index is 13.2. The fourth-order valence-electron chi connectivity index (χ4n) is 3.09. The van der Waals surface area contributed by atoms with Crippen LogP contribution in [0.25, 0.3) is 0 Å². The number of rotatable bonds is 3. The topological polar surface area (TPSA) is 20.3 Å². The first-order valence-electron chi connectivity index (χ1n) is 7.81. The molecule has 0 unspecified atom stereocenters. The van der Waals surface area contributed by atoms with E-state index in [-0.39, 0.29) is 11.7 Å². The van der Waals surface area contributed by atoms with Gasteiger partial charge >= 0.3 is 0 Å². The van der Waals surface area contributed by atoms with Crippen molar-refractivity contribution in [3.63, 3.8) is 0 Å². The van der Waals surface area contributed by atoms with Crippen LogP contribution in [-0.2, 0) is 6.42 Å². The van der Waals surface area contributed by atoms with Gasteiger partial charge in [0.1, 0.15) is 5.82 Å². The molecule has 1 aliphatic heterocycles. The maximum Gasteiger partial charge on any atom is 0.253 e. The van der Waals surface area contributed by atoms with Crippen molar-refractivity contribution in [2.75, 3.05) is 13.1 Å². The van der Waals surface area contributed by atoms with Crippen LogP contribution in [0.4, 0.5) is 4.39 Å². The van der Waals surface area contributed by atoms with Crippen molar-refractivity contribution in [1.29, 1.82) is 0 Å². The van der Waals surface area contributed by atoms with E-state index < -0.39 is 0 Å². The third-order valence-corrected chi connectivity index (χ3v) is 4.34. The zero-order chi connectivity index (χ0) is 15.4. The molecule has 0 aliphatic carbocycles. The van der Waals surface area contributed by atoms with E-state index in [2.05, 4.69) is 24.3 Å². The molecule has 1 heterocycles. The van der Waals surface area contributed by atoms with Crippen LogP contribution < -0.4 is 0 Å². The number of hydrogen-bond donors (Lipinski definition) is 0. The highest BCUT2D eigenvalue weighted by Gasteiger charge is 2.23. The minimum atomic E-state index is -0.357. The van der Waals surface area contributed by atoms with Gasteiger partial charge in [0.15, 0.2) is 0 Å². The average Bonchev–Trinajstić information content (AvgIpc) is 2.56. The summed E-state index contributed by atoms with van der Waals surface area (Å²) in [6, 6.07) is 16.4. The molecular formula is C19H20FNO. The molecule has 0 N–H and O–H groups in total. The molecule has 0 saturated carbocycles. The van der Waals surface area contributed by atoms with Gasteiger partial charge in [0, 0.05) is 18.7 Å². The van der Waals surface area contributed by atoms with E-state index in [0.717, 1.165) is 32.4 Å². The van der Waals surface area contributed by atoms with Gasteiger partial charge in [-0.3, -0.25) is 4.79 Å². The lowest BCUT2D eigenvalue weighted by Crippen LogP contribution is -2.38. The summed E-state index contributed by atoms with van der Waals surface area (Å²) in [4.78, 5) is 14.2. The number of carbonyl (C=O) groups excluding carboxylic acids is 1. The third kappa shape index (κ3) is 3.53. The molecule has 22 heavy (non-hydrogen) atoms. The van der Waals surface area contributed by atoms with Crippen molar-refractivity contribution < 1.29 is 9.18 Å². The Morgan fingerprint density at radius 2 is 1.77 bits per heavy atom. The minimum Gasteiger partial charge on any atom is -0.339 e. The number of amides is 1. The monoisotopic (exact) mass is 297 g/mol. The first-order chi connectivity index (χ1) is 10.7. The summed E-state index contributed by atoms with van der Waals surface area (Å²) in [6.07, 6.45) is 3.09. The van der Waals surface area contributed by atoms with Crippen LogP contribution in [0.15, 0.2) is 54.6 Å². The van der Waals surface area contributed by atoms with Crippen molar-refractivity contribution in [2.24, 2.45) is 5.92 Å². The van der Waals surface area contributed by atoms with E-state index in [1.165, 1.54) is 17.7 Å². The Morgan fingerprint density at radius 1 is 1.05 bits per heavy atom. The SMILES string of the molecule is O=C(c1cccc(F)c1)N1CCC(Cc2ccccc2)CC1. The normalized spacial score (nSPS) is 15.8. The van der Waals surface area contributed by atoms with Crippen LogP contribution in [0.5, 0.6) is 0 Å². The summed E-state index contributed by atoms with van der Waals surface area (Å²) in [7, 11) is 0. The van der Waals surface area contributed by atoms with Crippen molar-refractivity contribution >= 4 is 5.91 Å². The van der Waals surface area contributed by atoms with E-state index in [0.29, 0.717) is 11.5 Å². The van der Waals surface area contributed by atoms with Crippen molar-refractivity contribution in [3.05, 3.63) is 71.5 Å². The Kier molecular flexibility index (Phi) is 4.52. The molecule has 3 rings (SSSR count). The van der Waals surface area contributed by atoms with Crippen LogP contribution in [0, 0.1) is 11.7 Å².